The summed E-state index contributed by atoms with van der Waals surface area (Å²) in [6.45, 7) is 5.92. The summed E-state index contributed by atoms with van der Waals surface area (Å²) in [4.78, 5) is 0.274. The second-order valence-electron chi connectivity index (χ2n) is 4.25. The normalized spacial score (nSPS) is 11.8. The number of nitrogen functional groups attached to an aromatic ring is 1. The van der Waals surface area contributed by atoms with Crippen LogP contribution < -0.4 is 10.5 Å². The van der Waals surface area contributed by atoms with Crippen molar-refractivity contribution in [2.45, 2.75) is 25.7 Å². The van der Waals surface area contributed by atoms with Gasteiger partial charge in [-0.2, -0.15) is 0 Å². The lowest BCUT2D eigenvalue weighted by molar-refractivity contribution is 0.204. The van der Waals surface area contributed by atoms with Crippen LogP contribution in [0.1, 0.15) is 16.7 Å². The lowest BCUT2D eigenvalue weighted by Gasteiger charge is -2.15. The molecule has 18 heavy (non-hydrogen) atoms. The van der Waals surface area contributed by atoms with Crippen LogP contribution in [0.2, 0.25) is 0 Å². The van der Waals surface area contributed by atoms with E-state index >= 15 is 0 Å². The molecule has 0 amide bonds. The van der Waals surface area contributed by atoms with Crippen LogP contribution in [0, 0.1) is 20.8 Å². The topological polar surface area (TPSA) is 81.4 Å². The van der Waals surface area contributed by atoms with Crippen LogP contribution >= 0.6 is 0 Å². The molecule has 102 valence electrons. The van der Waals surface area contributed by atoms with Crippen molar-refractivity contribution in [2.24, 2.45) is 0 Å². The van der Waals surface area contributed by atoms with E-state index in [-0.39, 0.29) is 11.4 Å². The number of rotatable bonds is 5. The first kappa shape index (κ1) is 14.9. The van der Waals surface area contributed by atoms with Gasteiger partial charge in [-0.1, -0.05) is 0 Å². The maximum atomic E-state index is 12.2. The van der Waals surface area contributed by atoms with E-state index in [2.05, 4.69) is 4.72 Å². The van der Waals surface area contributed by atoms with Crippen LogP contribution in [0.4, 0.5) is 5.69 Å². The summed E-state index contributed by atoms with van der Waals surface area (Å²) in [5, 5.41) is 0. The van der Waals surface area contributed by atoms with Crippen LogP contribution in [0.5, 0.6) is 0 Å². The molecule has 0 radical (unpaired) electrons. The monoisotopic (exact) mass is 272 g/mol. The van der Waals surface area contributed by atoms with Gasteiger partial charge in [0.25, 0.3) is 0 Å². The Bertz CT molecular complexity index is 512. The quantitative estimate of drug-likeness (QED) is 0.621. The average molecular weight is 272 g/mol. The molecule has 0 aliphatic carbocycles. The van der Waals surface area contributed by atoms with Crippen molar-refractivity contribution in [2.75, 3.05) is 26.0 Å². The Labute approximate surface area is 108 Å². The fourth-order valence-corrected chi connectivity index (χ4v) is 3.38. The van der Waals surface area contributed by atoms with Crippen molar-refractivity contribution in [1.29, 1.82) is 0 Å². The smallest absolute Gasteiger partial charge is 0.241 e. The number of nitrogens with two attached hydrogens (primary N) is 1. The van der Waals surface area contributed by atoms with Gasteiger partial charge in [0.1, 0.15) is 0 Å². The standard InChI is InChI=1S/C12H20N2O3S/c1-8-7-11(13)10(3)12(9(8)2)18(15,16)14-5-6-17-4/h7,14H,5-6,13H2,1-4H3. The molecule has 0 heterocycles. The molecule has 0 aliphatic rings. The van der Waals surface area contributed by atoms with E-state index in [1.165, 1.54) is 7.11 Å². The Morgan fingerprint density at radius 1 is 1.28 bits per heavy atom. The lowest BCUT2D eigenvalue weighted by Crippen LogP contribution is -2.28. The number of sulfonamides is 1. The molecule has 0 aromatic heterocycles. The molecule has 0 unspecified atom stereocenters. The molecule has 5 nitrogen and oxygen atoms in total. The van der Waals surface area contributed by atoms with E-state index in [0.29, 0.717) is 17.9 Å². The number of anilines is 1. The zero-order valence-electron chi connectivity index (χ0n) is 11.2. The predicted molar refractivity (Wildman–Crippen MR) is 72.1 cm³/mol. The van der Waals surface area contributed by atoms with E-state index in [4.69, 9.17) is 10.5 Å². The number of methoxy groups -OCH3 is 1. The van der Waals surface area contributed by atoms with Gasteiger partial charge in [0.15, 0.2) is 0 Å². The minimum Gasteiger partial charge on any atom is -0.398 e. The van der Waals surface area contributed by atoms with Crippen LogP contribution in [0.15, 0.2) is 11.0 Å². The second-order valence-corrected chi connectivity index (χ2v) is 5.96. The van der Waals surface area contributed by atoms with Gasteiger partial charge in [0.2, 0.25) is 10.0 Å². The zero-order valence-corrected chi connectivity index (χ0v) is 12.0. The highest BCUT2D eigenvalue weighted by atomic mass is 32.2. The van der Waals surface area contributed by atoms with Gasteiger partial charge in [-0.05, 0) is 43.5 Å². The maximum Gasteiger partial charge on any atom is 0.241 e. The predicted octanol–water partition coefficient (Wildman–Crippen LogP) is 1.12. The summed E-state index contributed by atoms with van der Waals surface area (Å²) in [5.41, 5.74) is 8.50. The summed E-state index contributed by atoms with van der Waals surface area (Å²) < 4.78 is 31.8. The van der Waals surface area contributed by atoms with Crippen LogP contribution in [0.3, 0.4) is 0 Å². The van der Waals surface area contributed by atoms with Crippen molar-refractivity contribution in [3.05, 3.63) is 22.8 Å². The highest BCUT2D eigenvalue weighted by Crippen LogP contribution is 2.27. The van der Waals surface area contributed by atoms with E-state index in [9.17, 15) is 8.42 Å². The number of aryl methyl sites for hydroxylation is 1. The number of hydrogen-bond donors (Lipinski definition) is 2. The first-order chi connectivity index (χ1) is 8.31. The van der Waals surface area contributed by atoms with Crippen LogP contribution in [-0.2, 0) is 14.8 Å². The van der Waals surface area contributed by atoms with Gasteiger partial charge in [-0.15, -0.1) is 0 Å². The van der Waals surface area contributed by atoms with Gasteiger partial charge in [-0.3, -0.25) is 0 Å². The molecule has 1 aromatic rings. The minimum atomic E-state index is -3.55. The first-order valence-electron chi connectivity index (χ1n) is 5.66. The van der Waals surface area contributed by atoms with E-state index in [1.807, 2.05) is 6.92 Å². The van der Waals surface area contributed by atoms with Crippen molar-refractivity contribution in [3.63, 3.8) is 0 Å². The highest BCUT2D eigenvalue weighted by Gasteiger charge is 2.21. The molecule has 0 spiro atoms. The van der Waals surface area contributed by atoms with Gasteiger partial charge >= 0.3 is 0 Å². The molecule has 1 rings (SSSR count). The molecule has 0 fully saturated rings. The Morgan fingerprint density at radius 2 is 1.89 bits per heavy atom. The van der Waals surface area contributed by atoms with Crippen molar-refractivity contribution < 1.29 is 13.2 Å². The van der Waals surface area contributed by atoms with E-state index in [0.717, 1.165) is 11.1 Å². The van der Waals surface area contributed by atoms with E-state index < -0.39 is 10.0 Å². The molecular weight excluding hydrogens is 252 g/mol. The number of hydrogen-bond acceptors (Lipinski definition) is 4. The van der Waals surface area contributed by atoms with Crippen molar-refractivity contribution in [3.8, 4) is 0 Å². The Balaban J connectivity index is 3.24. The van der Waals surface area contributed by atoms with E-state index in [1.54, 1.807) is 19.9 Å². The molecule has 6 heteroatoms. The summed E-state index contributed by atoms with van der Waals surface area (Å²) in [6, 6.07) is 1.79. The minimum absolute atomic E-state index is 0.242. The van der Waals surface area contributed by atoms with Gasteiger partial charge in [0, 0.05) is 19.3 Å². The summed E-state index contributed by atoms with van der Waals surface area (Å²) >= 11 is 0. The zero-order chi connectivity index (χ0) is 13.9. The first-order valence-corrected chi connectivity index (χ1v) is 7.14. The third kappa shape index (κ3) is 3.01. The SMILES string of the molecule is COCCNS(=O)(=O)c1c(C)c(C)cc(N)c1C. The van der Waals surface area contributed by atoms with Crippen molar-refractivity contribution >= 4 is 15.7 Å². The molecule has 0 bridgehead atoms. The van der Waals surface area contributed by atoms with Crippen molar-refractivity contribution in [1.82, 2.24) is 4.72 Å². The summed E-state index contributed by atoms with van der Waals surface area (Å²) in [7, 11) is -2.03. The molecule has 0 aliphatic heterocycles. The third-order valence-electron chi connectivity index (χ3n) is 2.94. The average Bonchev–Trinajstić information content (AvgIpc) is 2.26. The molecule has 3 N–H and O–H groups in total. The maximum absolute atomic E-state index is 12.2. The molecule has 1 aromatic carbocycles. The molecule has 0 saturated heterocycles. The van der Waals surface area contributed by atoms with Crippen LogP contribution in [0.25, 0.3) is 0 Å². The van der Waals surface area contributed by atoms with Gasteiger partial charge in [-0.25, -0.2) is 13.1 Å². The number of benzene rings is 1. The number of nitrogens with one attached hydrogen (secondary N) is 1. The summed E-state index contributed by atoms with van der Waals surface area (Å²) in [5.74, 6) is 0. The molecule has 0 atom stereocenters. The third-order valence-corrected chi connectivity index (χ3v) is 4.68. The number of ether oxygens (including phenoxy) is 1. The van der Waals surface area contributed by atoms with Crippen LogP contribution in [-0.4, -0.2) is 28.7 Å². The summed E-state index contributed by atoms with van der Waals surface area (Å²) in [6.07, 6.45) is 0. The largest absolute Gasteiger partial charge is 0.398 e. The molecule has 0 saturated carbocycles. The fourth-order valence-electron chi connectivity index (χ4n) is 1.79. The fraction of sp³-hybridized carbons (Fsp3) is 0.500. The Morgan fingerprint density at radius 3 is 2.44 bits per heavy atom. The second kappa shape index (κ2) is 5.69. The Kier molecular flexibility index (Phi) is 4.72. The van der Waals surface area contributed by atoms with Gasteiger partial charge in [0.05, 0.1) is 11.5 Å². The van der Waals surface area contributed by atoms with Gasteiger partial charge < -0.3 is 10.5 Å². The lowest BCUT2D eigenvalue weighted by atomic mass is 10.1. The Hall–Kier alpha value is -1.11. The molecular formula is C12H20N2O3S. The highest BCUT2D eigenvalue weighted by molar-refractivity contribution is 7.89.